The monoisotopic (exact) mass is 214 g/mol. The first-order valence-corrected chi connectivity index (χ1v) is 6.56. The van der Waals surface area contributed by atoms with Gasteiger partial charge in [0.15, 0.2) is 0 Å². The van der Waals surface area contributed by atoms with E-state index in [-0.39, 0.29) is 6.04 Å². The molecular formula is C11H22N2S. The lowest BCUT2D eigenvalue weighted by molar-refractivity contribution is 0.626. The maximum Gasteiger partial charge on any atom is 0.104 e. The molecule has 0 radical (unpaired) electrons. The topological polar surface area (TPSA) is 35.8 Å². The van der Waals surface area contributed by atoms with Crippen LogP contribution in [0.1, 0.15) is 33.6 Å². The number of thioether (sulfide) groups is 1. The lowest BCUT2D eigenvalue weighted by Crippen LogP contribution is -2.30. The Morgan fingerprint density at radius 1 is 1.43 bits per heavy atom. The molecule has 1 N–H and O–H groups in total. The Bertz CT molecular complexity index is 163. The number of hydrogen-bond donors (Lipinski definition) is 1. The van der Waals surface area contributed by atoms with E-state index in [1.165, 1.54) is 12.2 Å². The summed E-state index contributed by atoms with van der Waals surface area (Å²) in [5, 5.41) is 12.1. The highest BCUT2D eigenvalue weighted by molar-refractivity contribution is 7.99. The molecule has 0 fully saturated rings. The van der Waals surface area contributed by atoms with Crippen LogP contribution >= 0.6 is 11.8 Å². The highest BCUT2D eigenvalue weighted by atomic mass is 32.2. The molecule has 2 nitrogen and oxygen atoms in total. The van der Waals surface area contributed by atoms with Crippen molar-refractivity contribution < 1.29 is 0 Å². The minimum absolute atomic E-state index is 0.0344. The maximum atomic E-state index is 8.84. The summed E-state index contributed by atoms with van der Waals surface area (Å²) in [6.07, 6.45) is 2.34. The SMILES string of the molecule is CCCNC(C#N)CSCCC(C)C. The van der Waals surface area contributed by atoms with Crippen LogP contribution in [0.5, 0.6) is 0 Å². The molecule has 0 heterocycles. The molecule has 0 aliphatic rings. The predicted molar refractivity (Wildman–Crippen MR) is 64.5 cm³/mol. The normalized spacial score (nSPS) is 12.8. The van der Waals surface area contributed by atoms with E-state index in [0.717, 1.165) is 24.6 Å². The van der Waals surface area contributed by atoms with Crippen LogP contribution < -0.4 is 5.32 Å². The second-order valence-electron chi connectivity index (χ2n) is 3.89. The van der Waals surface area contributed by atoms with E-state index < -0.39 is 0 Å². The first kappa shape index (κ1) is 13.8. The summed E-state index contributed by atoms with van der Waals surface area (Å²) in [4.78, 5) is 0. The van der Waals surface area contributed by atoms with Gasteiger partial charge in [-0.3, -0.25) is 0 Å². The number of rotatable bonds is 8. The number of hydrogen-bond acceptors (Lipinski definition) is 3. The highest BCUT2D eigenvalue weighted by Crippen LogP contribution is 2.09. The van der Waals surface area contributed by atoms with Crippen LogP contribution in [-0.2, 0) is 0 Å². The van der Waals surface area contributed by atoms with Crippen molar-refractivity contribution in [1.82, 2.24) is 5.32 Å². The van der Waals surface area contributed by atoms with E-state index in [2.05, 4.69) is 32.2 Å². The van der Waals surface area contributed by atoms with Crippen LogP contribution in [0.2, 0.25) is 0 Å². The fourth-order valence-electron chi connectivity index (χ4n) is 0.981. The Morgan fingerprint density at radius 3 is 2.64 bits per heavy atom. The molecule has 0 aromatic carbocycles. The van der Waals surface area contributed by atoms with E-state index in [0.29, 0.717) is 0 Å². The standard InChI is InChI=1S/C11H22N2S/c1-4-6-13-11(8-12)9-14-7-5-10(2)3/h10-11,13H,4-7,9H2,1-3H3. The Morgan fingerprint density at radius 2 is 2.14 bits per heavy atom. The Kier molecular flexibility index (Phi) is 9.23. The van der Waals surface area contributed by atoms with Crippen molar-refractivity contribution in [3.63, 3.8) is 0 Å². The molecule has 0 saturated heterocycles. The summed E-state index contributed by atoms with van der Waals surface area (Å²) in [5.74, 6) is 2.86. The van der Waals surface area contributed by atoms with Crippen LogP contribution in [0.3, 0.4) is 0 Å². The van der Waals surface area contributed by atoms with Crippen molar-refractivity contribution in [2.45, 2.75) is 39.7 Å². The van der Waals surface area contributed by atoms with Gasteiger partial charge in [0, 0.05) is 5.75 Å². The minimum atomic E-state index is 0.0344. The van der Waals surface area contributed by atoms with Gasteiger partial charge in [-0.05, 0) is 31.1 Å². The van der Waals surface area contributed by atoms with Gasteiger partial charge in [0.1, 0.15) is 6.04 Å². The zero-order valence-electron chi connectivity index (χ0n) is 9.55. The van der Waals surface area contributed by atoms with Gasteiger partial charge in [-0.25, -0.2) is 0 Å². The van der Waals surface area contributed by atoms with Crippen LogP contribution in [0.4, 0.5) is 0 Å². The summed E-state index contributed by atoms with van der Waals surface area (Å²) in [6, 6.07) is 2.33. The molecule has 0 saturated carbocycles. The third-order valence-electron chi connectivity index (χ3n) is 1.92. The lowest BCUT2D eigenvalue weighted by Gasteiger charge is -2.10. The summed E-state index contributed by atoms with van der Waals surface area (Å²) in [6.45, 7) is 7.53. The summed E-state index contributed by atoms with van der Waals surface area (Å²) in [7, 11) is 0. The van der Waals surface area contributed by atoms with Gasteiger partial charge in [-0.1, -0.05) is 20.8 Å². The molecule has 14 heavy (non-hydrogen) atoms. The second kappa shape index (κ2) is 9.36. The lowest BCUT2D eigenvalue weighted by atomic mass is 10.2. The van der Waals surface area contributed by atoms with Gasteiger partial charge in [-0.15, -0.1) is 0 Å². The van der Waals surface area contributed by atoms with Crippen molar-refractivity contribution in [2.24, 2.45) is 5.92 Å². The van der Waals surface area contributed by atoms with E-state index in [9.17, 15) is 0 Å². The van der Waals surface area contributed by atoms with Gasteiger partial charge in [0.05, 0.1) is 6.07 Å². The van der Waals surface area contributed by atoms with Gasteiger partial charge in [0.25, 0.3) is 0 Å². The fourth-order valence-corrected chi connectivity index (χ4v) is 2.21. The van der Waals surface area contributed by atoms with Crippen molar-refractivity contribution in [3.05, 3.63) is 0 Å². The molecule has 3 heteroatoms. The molecule has 1 unspecified atom stereocenters. The van der Waals surface area contributed by atoms with Gasteiger partial charge in [-0.2, -0.15) is 17.0 Å². The number of nitrogens with zero attached hydrogens (tertiary/aromatic N) is 1. The van der Waals surface area contributed by atoms with Gasteiger partial charge >= 0.3 is 0 Å². The zero-order chi connectivity index (χ0) is 10.8. The van der Waals surface area contributed by atoms with Crippen molar-refractivity contribution >= 4 is 11.8 Å². The van der Waals surface area contributed by atoms with Crippen LogP contribution in [0.15, 0.2) is 0 Å². The average molecular weight is 214 g/mol. The molecule has 1 atom stereocenters. The third-order valence-corrected chi connectivity index (χ3v) is 3.01. The Balaban J connectivity index is 3.39. The van der Waals surface area contributed by atoms with Crippen molar-refractivity contribution in [3.8, 4) is 6.07 Å². The molecule has 82 valence electrons. The smallest absolute Gasteiger partial charge is 0.104 e. The summed E-state index contributed by atoms with van der Waals surface area (Å²) < 4.78 is 0. The molecule has 0 aliphatic carbocycles. The molecule has 0 spiro atoms. The third kappa shape index (κ3) is 8.40. The number of nitrogens with one attached hydrogen (secondary N) is 1. The van der Waals surface area contributed by atoms with E-state index in [4.69, 9.17) is 5.26 Å². The zero-order valence-corrected chi connectivity index (χ0v) is 10.4. The molecule has 0 rings (SSSR count). The Labute approximate surface area is 92.5 Å². The molecule has 0 aliphatic heterocycles. The number of nitriles is 1. The van der Waals surface area contributed by atoms with E-state index >= 15 is 0 Å². The van der Waals surface area contributed by atoms with Crippen molar-refractivity contribution in [2.75, 3.05) is 18.1 Å². The van der Waals surface area contributed by atoms with Crippen molar-refractivity contribution in [1.29, 1.82) is 5.26 Å². The highest BCUT2D eigenvalue weighted by Gasteiger charge is 2.05. The quantitative estimate of drug-likeness (QED) is 0.631. The van der Waals surface area contributed by atoms with Crippen LogP contribution in [-0.4, -0.2) is 24.1 Å². The maximum absolute atomic E-state index is 8.84. The first-order valence-electron chi connectivity index (χ1n) is 5.41. The molecule has 0 aromatic heterocycles. The molecule has 0 aromatic rings. The molecular weight excluding hydrogens is 192 g/mol. The van der Waals surface area contributed by atoms with E-state index in [1.807, 2.05) is 11.8 Å². The fraction of sp³-hybridized carbons (Fsp3) is 0.909. The summed E-state index contributed by atoms with van der Waals surface area (Å²) >= 11 is 1.88. The van der Waals surface area contributed by atoms with Crippen LogP contribution in [0, 0.1) is 17.2 Å². The minimum Gasteiger partial charge on any atom is -0.301 e. The Hall–Kier alpha value is -0.200. The average Bonchev–Trinajstić information content (AvgIpc) is 2.16. The first-order chi connectivity index (χ1) is 6.70. The predicted octanol–water partition coefficient (Wildman–Crippen LogP) is 2.66. The molecule has 0 bridgehead atoms. The second-order valence-corrected chi connectivity index (χ2v) is 5.04. The van der Waals surface area contributed by atoms with E-state index in [1.54, 1.807) is 0 Å². The van der Waals surface area contributed by atoms with Gasteiger partial charge in [0.2, 0.25) is 0 Å². The largest absolute Gasteiger partial charge is 0.301 e. The van der Waals surface area contributed by atoms with Crippen LogP contribution in [0.25, 0.3) is 0 Å². The molecule has 0 amide bonds. The van der Waals surface area contributed by atoms with Gasteiger partial charge < -0.3 is 5.32 Å². The summed E-state index contributed by atoms with van der Waals surface area (Å²) in [5.41, 5.74) is 0.